The zero-order valence-corrected chi connectivity index (χ0v) is 19.9. The molecule has 0 bridgehead atoms. The molecule has 0 saturated heterocycles. The molecule has 1 rings (SSSR count). The Balaban J connectivity index is 0.00000625. The molecule has 0 atom stereocenters. The van der Waals surface area contributed by atoms with Crippen LogP contribution in [0.25, 0.3) is 0 Å². The molecular formula is C17H28BrIN4O3. The number of nitrogens with zero attached hydrogens (tertiary/aromatic N) is 1. The molecule has 0 fully saturated rings. The number of aliphatic imine (C=N–C) groups is 1. The fourth-order valence-electron chi connectivity index (χ4n) is 2.11. The van der Waals surface area contributed by atoms with E-state index in [4.69, 9.17) is 9.47 Å². The molecule has 0 heterocycles. The first-order valence-electron chi connectivity index (χ1n) is 7.86. The first kappa shape index (κ1) is 24.8. The summed E-state index contributed by atoms with van der Waals surface area (Å²) in [5.74, 6) is 1.73. The van der Waals surface area contributed by atoms with E-state index >= 15 is 0 Å². The zero-order chi connectivity index (χ0) is 19.0. The second-order valence-electron chi connectivity index (χ2n) is 6.39. The monoisotopic (exact) mass is 542 g/mol. The van der Waals surface area contributed by atoms with Crippen LogP contribution in [0.15, 0.2) is 21.6 Å². The molecule has 9 heteroatoms. The molecule has 1 aromatic rings. The summed E-state index contributed by atoms with van der Waals surface area (Å²) in [4.78, 5) is 16.0. The largest absolute Gasteiger partial charge is 0.493 e. The third-order valence-corrected chi connectivity index (χ3v) is 3.70. The van der Waals surface area contributed by atoms with Gasteiger partial charge in [0.15, 0.2) is 17.5 Å². The number of rotatable bonds is 6. The van der Waals surface area contributed by atoms with Gasteiger partial charge in [-0.25, -0.2) is 0 Å². The van der Waals surface area contributed by atoms with Crippen molar-refractivity contribution in [3.8, 4) is 11.5 Å². The average Bonchev–Trinajstić information content (AvgIpc) is 2.52. The van der Waals surface area contributed by atoms with E-state index in [0.717, 1.165) is 10.0 Å². The maximum Gasteiger partial charge on any atom is 0.239 e. The Morgan fingerprint density at radius 2 is 1.85 bits per heavy atom. The van der Waals surface area contributed by atoms with Gasteiger partial charge in [-0.15, -0.1) is 24.0 Å². The second-order valence-corrected chi connectivity index (χ2v) is 7.24. The Kier molecular flexibility index (Phi) is 10.9. The molecule has 0 aliphatic rings. The van der Waals surface area contributed by atoms with E-state index in [1.54, 1.807) is 21.3 Å². The molecule has 26 heavy (non-hydrogen) atoms. The van der Waals surface area contributed by atoms with Gasteiger partial charge in [-0.05, 0) is 54.4 Å². The van der Waals surface area contributed by atoms with Crippen molar-refractivity contribution in [3.05, 3.63) is 22.2 Å². The molecular weight excluding hydrogens is 515 g/mol. The number of hydrogen-bond acceptors (Lipinski definition) is 4. The van der Waals surface area contributed by atoms with Crippen molar-refractivity contribution in [1.29, 1.82) is 0 Å². The van der Waals surface area contributed by atoms with Gasteiger partial charge in [-0.3, -0.25) is 9.79 Å². The van der Waals surface area contributed by atoms with E-state index in [1.165, 1.54) is 0 Å². The van der Waals surface area contributed by atoms with Crippen molar-refractivity contribution in [1.82, 2.24) is 16.0 Å². The van der Waals surface area contributed by atoms with E-state index in [2.05, 4.69) is 36.9 Å². The molecule has 0 radical (unpaired) electrons. The number of methoxy groups -OCH3 is 2. The maximum absolute atomic E-state index is 11.9. The summed E-state index contributed by atoms with van der Waals surface area (Å²) in [6, 6.07) is 3.82. The van der Waals surface area contributed by atoms with Crippen LogP contribution >= 0.6 is 39.9 Å². The fourth-order valence-corrected chi connectivity index (χ4v) is 2.76. The van der Waals surface area contributed by atoms with Crippen molar-refractivity contribution in [2.75, 3.05) is 27.8 Å². The highest BCUT2D eigenvalue weighted by Gasteiger charge is 2.14. The summed E-state index contributed by atoms with van der Waals surface area (Å²) >= 11 is 3.47. The van der Waals surface area contributed by atoms with Crippen LogP contribution in [0.5, 0.6) is 11.5 Å². The molecule has 0 saturated carbocycles. The summed E-state index contributed by atoms with van der Waals surface area (Å²) in [7, 11) is 4.84. The number of nitrogens with one attached hydrogen (secondary N) is 3. The van der Waals surface area contributed by atoms with E-state index < -0.39 is 0 Å². The predicted molar refractivity (Wildman–Crippen MR) is 119 cm³/mol. The molecule has 0 aliphatic heterocycles. The van der Waals surface area contributed by atoms with E-state index in [1.807, 2.05) is 32.9 Å². The SMILES string of the molecule is CN=C(NCC(=O)NC(C)(C)C)NCc1cc(Br)c(OC)c(OC)c1.I. The number of benzene rings is 1. The van der Waals surface area contributed by atoms with Gasteiger partial charge in [-0.2, -0.15) is 0 Å². The van der Waals surface area contributed by atoms with Gasteiger partial charge in [0.1, 0.15) is 0 Å². The zero-order valence-electron chi connectivity index (χ0n) is 16.0. The van der Waals surface area contributed by atoms with Crippen LogP contribution < -0.4 is 25.4 Å². The Morgan fingerprint density at radius 3 is 2.35 bits per heavy atom. The van der Waals surface area contributed by atoms with Gasteiger partial charge in [-0.1, -0.05) is 0 Å². The van der Waals surface area contributed by atoms with Crippen LogP contribution in [0.4, 0.5) is 0 Å². The van der Waals surface area contributed by atoms with Gasteiger partial charge in [0, 0.05) is 19.1 Å². The van der Waals surface area contributed by atoms with Gasteiger partial charge in [0.25, 0.3) is 0 Å². The number of guanidine groups is 1. The summed E-state index contributed by atoms with van der Waals surface area (Å²) in [5, 5.41) is 9.04. The average molecular weight is 543 g/mol. The molecule has 0 aromatic heterocycles. The normalized spacial score (nSPS) is 11.3. The minimum atomic E-state index is -0.262. The van der Waals surface area contributed by atoms with Crippen LogP contribution in [-0.2, 0) is 11.3 Å². The molecule has 7 nitrogen and oxygen atoms in total. The van der Waals surface area contributed by atoms with Crippen molar-refractivity contribution in [2.45, 2.75) is 32.9 Å². The Bertz CT molecular complexity index is 633. The maximum atomic E-state index is 11.9. The van der Waals surface area contributed by atoms with Crippen LogP contribution in [0.1, 0.15) is 26.3 Å². The lowest BCUT2D eigenvalue weighted by molar-refractivity contribution is -0.121. The molecule has 1 aromatic carbocycles. The molecule has 1 amide bonds. The van der Waals surface area contributed by atoms with Crippen molar-refractivity contribution in [2.24, 2.45) is 4.99 Å². The van der Waals surface area contributed by atoms with Crippen LogP contribution in [0, 0.1) is 0 Å². The fraction of sp³-hybridized carbons (Fsp3) is 0.529. The van der Waals surface area contributed by atoms with E-state index in [9.17, 15) is 4.79 Å². The standard InChI is InChI=1S/C17H27BrN4O3.HI/c1-17(2,3)22-14(23)10-21-16(19-4)20-9-11-7-12(18)15(25-6)13(8-11)24-5;/h7-8H,9-10H2,1-6H3,(H,22,23)(H2,19,20,21);1H. The third-order valence-electron chi connectivity index (χ3n) is 3.11. The third kappa shape index (κ3) is 8.43. The summed E-state index contributed by atoms with van der Waals surface area (Å²) in [5.41, 5.74) is 0.716. The van der Waals surface area contributed by atoms with Gasteiger partial charge in [0.05, 0.1) is 25.2 Å². The topological polar surface area (TPSA) is 84.0 Å². The Morgan fingerprint density at radius 1 is 1.19 bits per heavy atom. The van der Waals surface area contributed by atoms with E-state index in [-0.39, 0.29) is 42.0 Å². The lowest BCUT2D eigenvalue weighted by Gasteiger charge is -2.21. The lowest BCUT2D eigenvalue weighted by Crippen LogP contribution is -2.48. The number of carbonyl (C=O) groups is 1. The summed E-state index contributed by atoms with van der Waals surface area (Å²) in [6.45, 7) is 6.47. The quantitative estimate of drug-likeness (QED) is 0.292. The second kappa shape index (κ2) is 11.5. The summed E-state index contributed by atoms with van der Waals surface area (Å²) < 4.78 is 11.4. The summed E-state index contributed by atoms with van der Waals surface area (Å²) in [6.07, 6.45) is 0. The first-order valence-corrected chi connectivity index (χ1v) is 8.65. The smallest absolute Gasteiger partial charge is 0.239 e. The molecule has 148 valence electrons. The minimum Gasteiger partial charge on any atom is -0.493 e. The Hall–Kier alpha value is -1.23. The van der Waals surface area contributed by atoms with Crippen molar-refractivity contribution < 1.29 is 14.3 Å². The number of halogens is 2. The van der Waals surface area contributed by atoms with Crippen LogP contribution in [0.2, 0.25) is 0 Å². The van der Waals surface area contributed by atoms with E-state index in [0.29, 0.717) is 24.0 Å². The van der Waals surface area contributed by atoms with Gasteiger partial charge < -0.3 is 25.4 Å². The molecule has 0 unspecified atom stereocenters. The highest BCUT2D eigenvalue weighted by molar-refractivity contribution is 14.0. The van der Waals surface area contributed by atoms with Crippen molar-refractivity contribution >= 4 is 51.8 Å². The predicted octanol–water partition coefficient (Wildman–Crippen LogP) is 2.66. The van der Waals surface area contributed by atoms with Crippen LogP contribution in [-0.4, -0.2) is 45.2 Å². The first-order chi connectivity index (χ1) is 11.7. The number of ether oxygens (including phenoxy) is 2. The highest BCUT2D eigenvalue weighted by Crippen LogP contribution is 2.36. The van der Waals surface area contributed by atoms with Gasteiger partial charge >= 0.3 is 0 Å². The minimum absolute atomic E-state index is 0. The lowest BCUT2D eigenvalue weighted by atomic mass is 10.1. The molecule has 0 spiro atoms. The number of amides is 1. The molecule has 3 N–H and O–H groups in total. The van der Waals surface area contributed by atoms with Crippen molar-refractivity contribution in [3.63, 3.8) is 0 Å². The number of carbonyl (C=O) groups excluding carboxylic acids is 1. The highest BCUT2D eigenvalue weighted by atomic mass is 127. The number of hydrogen-bond donors (Lipinski definition) is 3. The molecule has 0 aliphatic carbocycles. The Labute approximate surface area is 180 Å². The van der Waals surface area contributed by atoms with Crippen LogP contribution in [0.3, 0.4) is 0 Å². The van der Waals surface area contributed by atoms with Gasteiger partial charge in [0.2, 0.25) is 5.91 Å².